The first-order valence-corrected chi connectivity index (χ1v) is 10.7. The fourth-order valence-corrected chi connectivity index (χ4v) is 5.15. The van der Waals surface area contributed by atoms with Gasteiger partial charge in [-0.05, 0) is 61.1 Å². The molecule has 2 aromatic rings. The third kappa shape index (κ3) is 3.35. The smallest absolute Gasteiger partial charge is 0.264 e. The van der Waals surface area contributed by atoms with Crippen LogP contribution < -0.4 is 20.2 Å². The molecule has 3 aliphatic rings. The van der Waals surface area contributed by atoms with E-state index in [2.05, 4.69) is 34.0 Å². The van der Waals surface area contributed by atoms with Crippen LogP contribution in [0.25, 0.3) is 0 Å². The maximum absolute atomic E-state index is 13.4. The van der Waals surface area contributed by atoms with Crippen molar-refractivity contribution in [1.82, 2.24) is 10.7 Å². The first-order chi connectivity index (χ1) is 14.6. The van der Waals surface area contributed by atoms with Gasteiger partial charge in [0.05, 0.1) is 6.21 Å². The molecule has 1 aliphatic carbocycles. The van der Waals surface area contributed by atoms with E-state index in [4.69, 9.17) is 9.47 Å². The van der Waals surface area contributed by atoms with Crippen LogP contribution in [0.3, 0.4) is 0 Å². The molecule has 6 nitrogen and oxygen atoms in total. The standard InChI is InChI=1S/C24H27N3O3/c1-23(22(28)26-25-15-17-9-10-20-21(13-17)30-16-29-20)19-8-4-3-7-18(19)14-24(27-23)11-5-2-6-12-24/h3-4,7-10,13,15,27H,2,5-6,11-12,14,16H2,1H3,(H,26,28)/b25-15-/t23-/m1/s1. The number of hydrazone groups is 1. The highest BCUT2D eigenvalue weighted by molar-refractivity contribution is 5.90. The van der Waals surface area contributed by atoms with E-state index in [-0.39, 0.29) is 18.2 Å². The van der Waals surface area contributed by atoms with Crippen molar-refractivity contribution in [3.05, 3.63) is 59.2 Å². The van der Waals surface area contributed by atoms with E-state index in [9.17, 15) is 4.79 Å². The van der Waals surface area contributed by atoms with E-state index in [1.807, 2.05) is 31.2 Å². The molecule has 5 rings (SSSR count). The lowest BCUT2D eigenvalue weighted by Crippen LogP contribution is -2.65. The summed E-state index contributed by atoms with van der Waals surface area (Å²) in [7, 11) is 0. The quantitative estimate of drug-likeness (QED) is 0.604. The summed E-state index contributed by atoms with van der Waals surface area (Å²) in [6, 6.07) is 13.9. The minimum absolute atomic E-state index is 0.0142. The maximum atomic E-state index is 13.4. The predicted molar refractivity (Wildman–Crippen MR) is 115 cm³/mol. The number of amides is 1. The number of ether oxygens (including phenoxy) is 2. The highest BCUT2D eigenvalue weighted by atomic mass is 16.7. The van der Waals surface area contributed by atoms with Crippen LogP contribution in [-0.2, 0) is 16.8 Å². The second kappa shape index (κ2) is 7.43. The molecule has 1 spiro atoms. The van der Waals surface area contributed by atoms with Crippen LogP contribution in [0.1, 0.15) is 55.7 Å². The van der Waals surface area contributed by atoms with Gasteiger partial charge in [0.15, 0.2) is 11.5 Å². The third-order valence-corrected chi connectivity index (χ3v) is 6.64. The van der Waals surface area contributed by atoms with Gasteiger partial charge in [-0.1, -0.05) is 43.5 Å². The number of hydrogen-bond donors (Lipinski definition) is 2. The zero-order valence-electron chi connectivity index (χ0n) is 17.2. The Balaban J connectivity index is 1.38. The summed E-state index contributed by atoms with van der Waals surface area (Å²) < 4.78 is 10.7. The minimum Gasteiger partial charge on any atom is -0.454 e. The number of carbonyl (C=O) groups excluding carboxylic acids is 1. The van der Waals surface area contributed by atoms with E-state index in [0.29, 0.717) is 5.75 Å². The number of hydrogen-bond acceptors (Lipinski definition) is 5. The van der Waals surface area contributed by atoms with E-state index in [0.717, 1.165) is 36.1 Å². The van der Waals surface area contributed by atoms with E-state index in [1.54, 1.807) is 6.21 Å². The number of rotatable bonds is 3. The second-order valence-corrected chi connectivity index (χ2v) is 8.74. The molecule has 2 aliphatic heterocycles. The first-order valence-electron chi connectivity index (χ1n) is 10.7. The number of benzene rings is 2. The zero-order chi connectivity index (χ0) is 20.6. The van der Waals surface area contributed by atoms with Gasteiger partial charge >= 0.3 is 0 Å². The lowest BCUT2D eigenvalue weighted by Gasteiger charge is -2.49. The van der Waals surface area contributed by atoms with Gasteiger partial charge in [-0.25, -0.2) is 5.43 Å². The Morgan fingerprint density at radius 2 is 1.90 bits per heavy atom. The zero-order valence-corrected chi connectivity index (χ0v) is 17.2. The van der Waals surface area contributed by atoms with Gasteiger partial charge in [-0.2, -0.15) is 5.10 Å². The molecule has 30 heavy (non-hydrogen) atoms. The summed E-state index contributed by atoms with van der Waals surface area (Å²) in [5, 5.41) is 7.99. The van der Waals surface area contributed by atoms with E-state index < -0.39 is 5.54 Å². The first kappa shape index (κ1) is 19.1. The highest BCUT2D eigenvalue weighted by Gasteiger charge is 2.48. The molecule has 0 radical (unpaired) electrons. The molecule has 1 saturated carbocycles. The summed E-state index contributed by atoms with van der Waals surface area (Å²) in [5.41, 5.74) is 5.07. The normalized spacial score (nSPS) is 24.0. The van der Waals surface area contributed by atoms with Gasteiger partial charge in [0, 0.05) is 5.54 Å². The van der Waals surface area contributed by atoms with Crippen LogP contribution >= 0.6 is 0 Å². The average molecular weight is 405 g/mol. The number of nitrogens with zero attached hydrogens (tertiary/aromatic N) is 1. The molecule has 1 amide bonds. The van der Waals surface area contributed by atoms with Gasteiger partial charge in [0.25, 0.3) is 5.91 Å². The molecule has 0 bridgehead atoms. The summed E-state index contributed by atoms with van der Waals surface area (Å²) in [6.45, 7) is 2.21. The maximum Gasteiger partial charge on any atom is 0.264 e. The summed E-state index contributed by atoms with van der Waals surface area (Å²) in [4.78, 5) is 13.4. The number of fused-ring (bicyclic) bond motifs is 2. The summed E-state index contributed by atoms with van der Waals surface area (Å²) >= 11 is 0. The molecule has 0 saturated heterocycles. The summed E-state index contributed by atoms with van der Waals surface area (Å²) in [6.07, 6.45) is 8.49. The van der Waals surface area contributed by atoms with Gasteiger partial charge < -0.3 is 9.47 Å². The average Bonchev–Trinajstić information content (AvgIpc) is 3.22. The Morgan fingerprint density at radius 3 is 2.77 bits per heavy atom. The summed E-state index contributed by atoms with van der Waals surface area (Å²) in [5.74, 6) is 1.28. The van der Waals surface area contributed by atoms with Crippen LogP contribution in [0.5, 0.6) is 11.5 Å². The fraction of sp³-hybridized carbons (Fsp3) is 0.417. The van der Waals surface area contributed by atoms with Crippen molar-refractivity contribution in [2.45, 2.75) is 56.5 Å². The fourth-order valence-electron chi connectivity index (χ4n) is 5.15. The molecule has 2 N–H and O–H groups in total. The van der Waals surface area contributed by atoms with Crippen molar-refractivity contribution < 1.29 is 14.3 Å². The molecule has 6 heteroatoms. The van der Waals surface area contributed by atoms with E-state index >= 15 is 0 Å². The van der Waals surface area contributed by atoms with Gasteiger partial charge in [-0.3, -0.25) is 10.1 Å². The number of carbonyl (C=O) groups is 1. The van der Waals surface area contributed by atoms with E-state index in [1.165, 1.54) is 24.8 Å². The Hall–Kier alpha value is -2.86. The van der Waals surface area contributed by atoms with Crippen LogP contribution in [0.15, 0.2) is 47.6 Å². The largest absolute Gasteiger partial charge is 0.454 e. The number of nitrogens with one attached hydrogen (secondary N) is 2. The van der Waals surface area contributed by atoms with Crippen molar-refractivity contribution in [3.63, 3.8) is 0 Å². The Labute approximate surface area is 176 Å². The van der Waals surface area contributed by atoms with Crippen molar-refractivity contribution in [2.24, 2.45) is 5.10 Å². The Kier molecular flexibility index (Phi) is 4.74. The molecule has 1 fully saturated rings. The van der Waals surface area contributed by atoms with Crippen LogP contribution in [0.2, 0.25) is 0 Å². The third-order valence-electron chi connectivity index (χ3n) is 6.64. The lowest BCUT2D eigenvalue weighted by atomic mass is 9.69. The van der Waals surface area contributed by atoms with Crippen LogP contribution in [0, 0.1) is 0 Å². The molecular weight excluding hydrogens is 378 g/mol. The Morgan fingerprint density at radius 1 is 1.10 bits per heavy atom. The van der Waals surface area contributed by atoms with Gasteiger partial charge in [0.2, 0.25) is 6.79 Å². The van der Waals surface area contributed by atoms with Crippen LogP contribution in [0.4, 0.5) is 0 Å². The van der Waals surface area contributed by atoms with Crippen molar-refractivity contribution in [3.8, 4) is 11.5 Å². The molecule has 1 atom stereocenters. The van der Waals surface area contributed by atoms with Gasteiger partial charge in [0.1, 0.15) is 5.54 Å². The topological polar surface area (TPSA) is 72.0 Å². The molecule has 156 valence electrons. The van der Waals surface area contributed by atoms with Crippen LogP contribution in [-0.4, -0.2) is 24.5 Å². The second-order valence-electron chi connectivity index (χ2n) is 8.74. The SMILES string of the molecule is C[C@@]1(C(=O)N/N=C\c2ccc3c(c2)OCO3)NC2(CCCCC2)Cc2ccccc21. The molecule has 0 unspecified atom stereocenters. The Bertz CT molecular complexity index is 997. The molecule has 0 aromatic heterocycles. The van der Waals surface area contributed by atoms with Crippen molar-refractivity contribution in [1.29, 1.82) is 0 Å². The molecule has 2 aromatic carbocycles. The highest BCUT2D eigenvalue weighted by Crippen LogP contribution is 2.41. The monoisotopic (exact) mass is 405 g/mol. The predicted octanol–water partition coefficient (Wildman–Crippen LogP) is 3.63. The van der Waals surface area contributed by atoms with Gasteiger partial charge in [-0.15, -0.1) is 0 Å². The lowest BCUT2D eigenvalue weighted by molar-refractivity contribution is -0.129. The van der Waals surface area contributed by atoms with Crippen molar-refractivity contribution >= 4 is 12.1 Å². The molecular formula is C24H27N3O3. The van der Waals surface area contributed by atoms with Crippen molar-refractivity contribution in [2.75, 3.05) is 6.79 Å². The molecule has 2 heterocycles. The minimum atomic E-state index is -0.821.